The van der Waals surface area contributed by atoms with E-state index in [0.29, 0.717) is 6.04 Å². The predicted octanol–water partition coefficient (Wildman–Crippen LogP) is 1.78. The van der Waals surface area contributed by atoms with Gasteiger partial charge in [0.25, 0.3) is 0 Å². The van der Waals surface area contributed by atoms with Crippen LogP contribution in [0, 0.1) is 12.7 Å². The molecule has 58 valence electrons. The lowest BCUT2D eigenvalue weighted by Crippen LogP contribution is -1.90. The molecule has 0 aromatic heterocycles. The fourth-order valence-corrected chi connectivity index (χ4v) is 1.27. The first-order valence-electron chi connectivity index (χ1n) is 3.77. The second-order valence-corrected chi connectivity index (χ2v) is 2.96. The molecular weight excluding hydrogens is 141 g/mol. The van der Waals surface area contributed by atoms with Crippen molar-refractivity contribution < 1.29 is 4.39 Å². The molecule has 1 nitrogen and oxygen atoms in total. The van der Waals surface area contributed by atoms with Crippen LogP contribution in [0.3, 0.4) is 0 Å². The van der Waals surface area contributed by atoms with Gasteiger partial charge in [0, 0.05) is 12.6 Å². The van der Waals surface area contributed by atoms with E-state index in [2.05, 4.69) is 5.32 Å². The summed E-state index contributed by atoms with van der Waals surface area (Å²) >= 11 is 0. The van der Waals surface area contributed by atoms with Crippen LogP contribution in [0.2, 0.25) is 0 Å². The van der Waals surface area contributed by atoms with Gasteiger partial charge in [0.15, 0.2) is 0 Å². The Bertz CT molecular complexity index is 279. The first-order chi connectivity index (χ1) is 5.27. The Kier molecular flexibility index (Phi) is 1.43. The Morgan fingerprint density at radius 3 is 2.91 bits per heavy atom. The molecule has 0 amide bonds. The van der Waals surface area contributed by atoms with Gasteiger partial charge in [-0.25, -0.2) is 4.39 Å². The lowest BCUT2D eigenvalue weighted by Gasteiger charge is -2.01. The molecule has 2 heteroatoms. The van der Waals surface area contributed by atoms with Crippen LogP contribution in [-0.2, 0) is 0 Å². The smallest absolute Gasteiger partial charge is 0.123 e. The maximum absolute atomic E-state index is 12.7. The Balaban J connectivity index is 2.42. The summed E-state index contributed by atoms with van der Waals surface area (Å²) in [4.78, 5) is 0. The van der Waals surface area contributed by atoms with E-state index in [-0.39, 0.29) is 5.82 Å². The third kappa shape index (κ3) is 1.26. The Hall–Kier alpha value is -0.890. The minimum absolute atomic E-state index is 0.140. The van der Waals surface area contributed by atoms with E-state index in [4.69, 9.17) is 0 Å². The van der Waals surface area contributed by atoms with Gasteiger partial charge in [-0.3, -0.25) is 0 Å². The van der Waals surface area contributed by atoms with Gasteiger partial charge in [0.1, 0.15) is 5.82 Å². The van der Waals surface area contributed by atoms with Crippen LogP contribution in [0.15, 0.2) is 18.2 Å². The van der Waals surface area contributed by atoms with Crippen molar-refractivity contribution in [3.63, 3.8) is 0 Å². The van der Waals surface area contributed by atoms with Crippen LogP contribution in [0.25, 0.3) is 0 Å². The molecule has 11 heavy (non-hydrogen) atoms. The van der Waals surface area contributed by atoms with E-state index in [1.54, 1.807) is 6.07 Å². The number of nitrogens with one attached hydrogen (secondary N) is 1. The van der Waals surface area contributed by atoms with Gasteiger partial charge >= 0.3 is 0 Å². The van der Waals surface area contributed by atoms with Gasteiger partial charge in [-0.15, -0.1) is 0 Å². The first kappa shape index (κ1) is 6.80. The highest BCUT2D eigenvalue weighted by Crippen LogP contribution is 2.25. The molecule has 0 radical (unpaired) electrons. The SMILES string of the molecule is Cc1ccc(F)cc1[C@H]1CN1. The minimum atomic E-state index is -0.140. The van der Waals surface area contributed by atoms with Crippen LogP contribution in [0.4, 0.5) is 4.39 Å². The van der Waals surface area contributed by atoms with Crippen molar-refractivity contribution in [1.82, 2.24) is 5.32 Å². The Morgan fingerprint density at radius 1 is 1.55 bits per heavy atom. The molecule has 0 unspecified atom stereocenters. The van der Waals surface area contributed by atoms with Crippen molar-refractivity contribution in [3.05, 3.63) is 35.1 Å². The molecule has 1 atom stereocenters. The van der Waals surface area contributed by atoms with E-state index >= 15 is 0 Å². The predicted molar refractivity (Wildman–Crippen MR) is 41.9 cm³/mol. The van der Waals surface area contributed by atoms with E-state index in [9.17, 15) is 4.39 Å². The first-order valence-corrected chi connectivity index (χ1v) is 3.77. The van der Waals surface area contributed by atoms with Gasteiger partial charge in [0.05, 0.1) is 0 Å². The van der Waals surface area contributed by atoms with E-state index in [0.717, 1.165) is 12.1 Å². The van der Waals surface area contributed by atoms with Crippen molar-refractivity contribution in [3.8, 4) is 0 Å². The third-order valence-electron chi connectivity index (χ3n) is 2.02. The Labute approximate surface area is 65.2 Å². The van der Waals surface area contributed by atoms with E-state index in [1.807, 2.05) is 13.0 Å². The zero-order chi connectivity index (χ0) is 7.84. The fourth-order valence-electron chi connectivity index (χ4n) is 1.27. The standard InChI is InChI=1S/C9H10FN/c1-6-2-3-7(10)4-8(6)9-5-11-9/h2-4,9,11H,5H2,1H3/t9-/m1/s1. The molecule has 1 fully saturated rings. The highest BCUT2D eigenvalue weighted by Gasteiger charge is 2.23. The molecule has 1 aromatic carbocycles. The maximum Gasteiger partial charge on any atom is 0.123 e. The molecule has 0 aliphatic carbocycles. The summed E-state index contributed by atoms with van der Waals surface area (Å²) in [6.45, 7) is 3.00. The highest BCUT2D eigenvalue weighted by molar-refractivity contribution is 5.32. The zero-order valence-corrected chi connectivity index (χ0v) is 6.39. The summed E-state index contributed by atoms with van der Waals surface area (Å²) in [6, 6.07) is 5.34. The number of hydrogen-bond acceptors (Lipinski definition) is 1. The molecule has 0 spiro atoms. The average molecular weight is 151 g/mol. The van der Waals surface area contributed by atoms with Crippen molar-refractivity contribution in [2.45, 2.75) is 13.0 Å². The van der Waals surface area contributed by atoms with Crippen LogP contribution in [0.1, 0.15) is 17.2 Å². The van der Waals surface area contributed by atoms with Crippen molar-refractivity contribution in [2.75, 3.05) is 6.54 Å². The number of halogens is 1. The van der Waals surface area contributed by atoms with Gasteiger partial charge in [0.2, 0.25) is 0 Å². The maximum atomic E-state index is 12.7. The summed E-state index contributed by atoms with van der Waals surface area (Å²) < 4.78 is 12.7. The van der Waals surface area contributed by atoms with Crippen LogP contribution < -0.4 is 5.32 Å². The highest BCUT2D eigenvalue weighted by atomic mass is 19.1. The quantitative estimate of drug-likeness (QED) is 0.607. The molecule has 1 N–H and O–H groups in total. The molecule has 1 aliphatic rings. The molecule has 1 aliphatic heterocycles. The number of hydrogen-bond donors (Lipinski definition) is 1. The molecule has 1 aromatic rings. The summed E-state index contributed by atoms with van der Waals surface area (Å²) in [7, 11) is 0. The summed E-state index contributed by atoms with van der Waals surface area (Å²) in [5, 5.41) is 3.15. The molecular formula is C9H10FN. The second-order valence-electron chi connectivity index (χ2n) is 2.96. The molecule has 1 heterocycles. The van der Waals surface area contributed by atoms with Crippen molar-refractivity contribution >= 4 is 0 Å². The van der Waals surface area contributed by atoms with Crippen LogP contribution >= 0.6 is 0 Å². The number of aryl methyl sites for hydroxylation is 1. The van der Waals surface area contributed by atoms with Gasteiger partial charge in [-0.05, 0) is 30.2 Å². The molecule has 1 saturated heterocycles. The number of rotatable bonds is 1. The monoisotopic (exact) mass is 151 g/mol. The fraction of sp³-hybridized carbons (Fsp3) is 0.333. The Morgan fingerprint density at radius 2 is 2.27 bits per heavy atom. The molecule has 0 bridgehead atoms. The number of benzene rings is 1. The molecule has 0 saturated carbocycles. The molecule has 2 rings (SSSR count). The second kappa shape index (κ2) is 2.31. The van der Waals surface area contributed by atoms with Gasteiger partial charge in [-0.1, -0.05) is 6.07 Å². The van der Waals surface area contributed by atoms with Crippen LogP contribution in [-0.4, -0.2) is 6.54 Å². The lowest BCUT2D eigenvalue weighted by molar-refractivity contribution is 0.624. The normalized spacial score (nSPS) is 21.8. The van der Waals surface area contributed by atoms with Crippen molar-refractivity contribution in [1.29, 1.82) is 0 Å². The topological polar surface area (TPSA) is 21.9 Å². The average Bonchev–Trinajstić information content (AvgIpc) is 2.76. The summed E-state index contributed by atoms with van der Waals surface area (Å²) in [5.74, 6) is -0.140. The lowest BCUT2D eigenvalue weighted by atomic mass is 10.1. The zero-order valence-electron chi connectivity index (χ0n) is 6.39. The van der Waals surface area contributed by atoms with E-state index in [1.165, 1.54) is 11.6 Å². The van der Waals surface area contributed by atoms with Gasteiger partial charge in [-0.2, -0.15) is 0 Å². The largest absolute Gasteiger partial charge is 0.307 e. The van der Waals surface area contributed by atoms with E-state index < -0.39 is 0 Å². The third-order valence-corrected chi connectivity index (χ3v) is 2.02. The van der Waals surface area contributed by atoms with Crippen LogP contribution in [0.5, 0.6) is 0 Å². The summed E-state index contributed by atoms with van der Waals surface area (Å²) in [5.41, 5.74) is 2.27. The summed E-state index contributed by atoms with van der Waals surface area (Å²) in [6.07, 6.45) is 0. The van der Waals surface area contributed by atoms with Gasteiger partial charge < -0.3 is 5.32 Å². The minimum Gasteiger partial charge on any atom is -0.307 e. The van der Waals surface area contributed by atoms with Crippen molar-refractivity contribution in [2.24, 2.45) is 0 Å².